The van der Waals surface area contributed by atoms with Crippen molar-refractivity contribution in [2.24, 2.45) is 0 Å². The number of pyridine rings is 1. The number of aromatic nitrogens is 3. The highest BCUT2D eigenvalue weighted by molar-refractivity contribution is 6.30. The van der Waals surface area contributed by atoms with Crippen molar-refractivity contribution < 1.29 is 23.8 Å². The Morgan fingerprint density at radius 3 is 2.82 bits per heavy atom. The van der Waals surface area contributed by atoms with Crippen LogP contribution in [0.5, 0.6) is 5.88 Å². The number of imidazole rings is 1. The average molecular weight is 551 g/mol. The lowest BCUT2D eigenvalue weighted by molar-refractivity contribution is -0.0592. The summed E-state index contributed by atoms with van der Waals surface area (Å²) in [6, 6.07) is 11.7. The number of aromatic carboxylic acids is 1. The third-order valence-corrected chi connectivity index (χ3v) is 7.64. The molecule has 0 unspecified atom stereocenters. The summed E-state index contributed by atoms with van der Waals surface area (Å²) in [5.41, 5.74) is 5.24. The van der Waals surface area contributed by atoms with Crippen molar-refractivity contribution >= 4 is 28.6 Å². The van der Waals surface area contributed by atoms with E-state index in [0.29, 0.717) is 36.1 Å². The van der Waals surface area contributed by atoms with Crippen molar-refractivity contribution in [1.82, 2.24) is 19.4 Å². The quantitative estimate of drug-likeness (QED) is 0.324. The second-order valence-corrected chi connectivity index (χ2v) is 10.6. The van der Waals surface area contributed by atoms with E-state index in [1.165, 1.54) is 11.6 Å². The topological polar surface area (TPSA) is 89.7 Å². The van der Waals surface area contributed by atoms with E-state index in [-0.39, 0.29) is 18.3 Å². The van der Waals surface area contributed by atoms with E-state index in [1.807, 2.05) is 6.92 Å². The Labute approximate surface area is 229 Å². The lowest BCUT2D eigenvalue weighted by atomic mass is 10.0. The molecular weight excluding hydrogens is 523 g/mol. The number of benzene rings is 2. The second-order valence-electron chi connectivity index (χ2n) is 10.1. The third-order valence-electron chi connectivity index (χ3n) is 7.40. The summed E-state index contributed by atoms with van der Waals surface area (Å²) in [5.74, 6) is -0.0133. The number of carboxylic acids is 1. The van der Waals surface area contributed by atoms with Gasteiger partial charge in [0.1, 0.15) is 18.2 Å². The Bertz CT molecular complexity index is 1570. The molecule has 2 aliphatic heterocycles. The van der Waals surface area contributed by atoms with E-state index in [4.69, 9.17) is 31.0 Å². The van der Waals surface area contributed by atoms with Gasteiger partial charge in [0.2, 0.25) is 5.88 Å². The van der Waals surface area contributed by atoms with Crippen LogP contribution in [-0.2, 0) is 37.4 Å². The SMILES string of the molecule is Cc1cc2c(nc1OCc1ccc(Cl)cc1F)CN(Cc1nc3ccc(C(=O)O)cc3n1C[C@@H]1CCO1)CC2. The molecule has 10 heteroatoms. The summed E-state index contributed by atoms with van der Waals surface area (Å²) in [7, 11) is 0. The summed E-state index contributed by atoms with van der Waals surface area (Å²) in [5, 5.41) is 9.84. The highest BCUT2D eigenvalue weighted by Crippen LogP contribution is 2.28. The van der Waals surface area contributed by atoms with Crippen molar-refractivity contribution in [3.05, 3.63) is 87.1 Å². The zero-order valence-electron chi connectivity index (χ0n) is 21.5. The zero-order valence-corrected chi connectivity index (χ0v) is 22.2. The predicted molar refractivity (Wildman–Crippen MR) is 144 cm³/mol. The van der Waals surface area contributed by atoms with Crippen molar-refractivity contribution in [3.63, 3.8) is 0 Å². The fourth-order valence-electron chi connectivity index (χ4n) is 5.14. The number of carboxylic acid groups (broad SMARTS) is 1. The number of ether oxygens (including phenoxy) is 2. The molecule has 39 heavy (non-hydrogen) atoms. The van der Waals surface area contributed by atoms with Crippen molar-refractivity contribution in [2.45, 2.75) is 52.1 Å². The van der Waals surface area contributed by atoms with E-state index < -0.39 is 11.8 Å². The van der Waals surface area contributed by atoms with E-state index in [9.17, 15) is 14.3 Å². The number of halogens is 2. The second kappa shape index (κ2) is 10.6. The number of fused-ring (bicyclic) bond motifs is 2. The number of hydrogen-bond acceptors (Lipinski definition) is 6. The number of nitrogens with zero attached hydrogens (tertiary/aromatic N) is 4. The molecule has 6 rings (SSSR count). The van der Waals surface area contributed by atoms with Gasteiger partial charge in [-0.2, -0.15) is 0 Å². The molecule has 0 aliphatic carbocycles. The third kappa shape index (κ3) is 5.34. The first-order valence-corrected chi connectivity index (χ1v) is 13.3. The molecule has 0 spiro atoms. The molecule has 1 saturated heterocycles. The minimum atomic E-state index is -0.961. The molecule has 2 aromatic carbocycles. The average Bonchev–Trinajstić information content (AvgIpc) is 3.21. The number of carbonyl (C=O) groups is 1. The van der Waals surface area contributed by atoms with Gasteiger partial charge in [-0.25, -0.2) is 19.2 Å². The maximum Gasteiger partial charge on any atom is 0.335 e. The summed E-state index contributed by atoms with van der Waals surface area (Å²) in [6.45, 7) is 5.43. The summed E-state index contributed by atoms with van der Waals surface area (Å²) >= 11 is 5.86. The molecule has 1 N–H and O–H groups in total. The van der Waals surface area contributed by atoms with E-state index in [0.717, 1.165) is 54.1 Å². The maximum absolute atomic E-state index is 14.2. The van der Waals surface area contributed by atoms with Crippen LogP contribution in [0.4, 0.5) is 4.39 Å². The van der Waals surface area contributed by atoms with Gasteiger partial charge >= 0.3 is 5.97 Å². The highest BCUT2D eigenvalue weighted by Gasteiger charge is 2.25. The molecule has 4 aromatic rings. The molecule has 0 amide bonds. The molecule has 1 atom stereocenters. The van der Waals surface area contributed by atoms with Gasteiger partial charge in [-0.3, -0.25) is 4.90 Å². The summed E-state index contributed by atoms with van der Waals surface area (Å²) < 4.78 is 27.9. The van der Waals surface area contributed by atoms with Crippen LogP contribution in [0.3, 0.4) is 0 Å². The van der Waals surface area contributed by atoms with E-state index in [2.05, 4.69) is 15.5 Å². The van der Waals surface area contributed by atoms with Crippen LogP contribution in [0.15, 0.2) is 42.5 Å². The first-order valence-electron chi connectivity index (χ1n) is 13.0. The van der Waals surface area contributed by atoms with E-state index in [1.54, 1.807) is 30.3 Å². The van der Waals surface area contributed by atoms with Gasteiger partial charge in [-0.05, 0) is 61.7 Å². The minimum absolute atomic E-state index is 0.0605. The molecule has 2 aromatic heterocycles. The van der Waals surface area contributed by atoms with Crippen LogP contribution in [0.1, 0.15) is 45.0 Å². The van der Waals surface area contributed by atoms with Gasteiger partial charge in [-0.1, -0.05) is 17.7 Å². The summed E-state index contributed by atoms with van der Waals surface area (Å²) in [6.07, 6.45) is 1.91. The molecule has 0 radical (unpaired) electrons. The van der Waals surface area contributed by atoms with E-state index >= 15 is 0 Å². The molecule has 0 saturated carbocycles. The Morgan fingerprint density at radius 1 is 1.23 bits per heavy atom. The Hall–Kier alpha value is -3.53. The Balaban J connectivity index is 1.22. The molecular formula is C29H28ClFN4O4. The lowest BCUT2D eigenvalue weighted by Gasteiger charge is -2.30. The maximum atomic E-state index is 14.2. The minimum Gasteiger partial charge on any atom is -0.478 e. The normalized spacial score (nSPS) is 17.2. The molecule has 2 aliphatic rings. The van der Waals surface area contributed by atoms with Crippen LogP contribution < -0.4 is 4.74 Å². The van der Waals surface area contributed by atoms with Crippen LogP contribution in [-0.4, -0.2) is 49.8 Å². The molecule has 0 bridgehead atoms. The number of rotatable bonds is 8. The molecule has 1 fully saturated rings. The largest absolute Gasteiger partial charge is 0.478 e. The van der Waals surface area contributed by atoms with Crippen LogP contribution in [0.25, 0.3) is 11.0 Å². The molecule has 202 valence electrons. The monoisotopic (exact) mass is 550 g/mol. The number of hydrogen-bond donors (Lipinski definition) is 1. The first-order chi connectivity index (χ1) is 18.8. The van der Waals surface area contributed by atoms with Gasteiger partial charge in [-0.15, -0.1) is 0 Å². The van der Waals surface area contributed by atoms with Gasteiger partial charge in [0, 0.05) is 35.8 Å². The Morgan fingerprint density at radius 2 is 2.08 bits per heavy atom. The van der Waals surface area contributed by atoms with Crippen LogP contribution in [0.2, 0.25) is 5.02 Å². The first kappa shape index (κ1) is 25.7. The predicted octanol–water partition coefficient (Wildman–Crippen LogP) is 5.16. The van der Waals surface area contributed by atoms with Crippen molar-refractivity contribution in [3.8, 4) is 5.88 Å². The fourth-order valence-corrected chi connectivity index (χ4v) is 5.30. The summed E-state index contributed by atoms with van der Waals surface area (Å²) in [4.78, 5) is 23.5. The van der Waals surface area contributed by atoms with Crippen molar-refractivity contribution in [1.29, 1.82) is 0 Å². The Kier molecular flexibility index (Phi) is 6.97. The molecule has 4 heterocycles. The number of aryl methyl sites for hydroxylation is 1. The fraction of sp³-hybridized carbons (Fsp3) is 0.345. The standard InChI is InChI=1S/C29H28ClFN4O4/c1-17-10-18-6-8-34(14-25(18)33-28(17)39-16-20-2-4-21(30)12-23(20)31)15-27-32-24-5-3-19(29(36)37)11-26(24)35(27)13-22-7-9-38-22/h2-5,10-12,22H,6-9,13-16H2,1H3,(H,36,37)/t22-/m0/s1. The lowest BCUT2D eigenvalue weighted by Crippen LogP contribution is -2.34. The van der Waals surface area contributed by atoms with Gasteiger partial charge < -0.3 is 19.1 Å². The molecule has 8 nitrogen and oxygen atoms in total. The zero-order chi connectivity index (χ0) is 27.1. The van der Waals surface area contributed by atoms with Gasteiger partial charge in [0.25, 0.3) is 0 Å². The van der Waals surface area contributed by atoms with Crippen LogP contribution in [0, 0.1) is 12.7 Å². The highest BCUT2D eigenvalue weighted by atomic mass is 35.5. The van der Waals surface area contributed by atoms with Crippen molar-refractivity contribution in [2.75, 3.05) is 13.2 Å². The van der Waals surface area contributed by atoms with Crippen LogP contribution >= 0.6 is 11.6 Å². The van der Waals surface area contributed by atoms with Gasteiger partial charge in [0.05, 0.1) is 41.5 Å². The smallest absolute Gasteiger partial charge is 0.335 e. The van der Waals surface area contributed by atoms with Gasteiger partial charge in [0.15, 0.2) is 0 Å².